The molecule has 1 aliphatic heterocycles. The zero-order chi connectivity index (χ0) is 31.0. The quantitative estimate of drug-likeness (QED) is 0.182. The van der Waals surface area contributed by atoms with Gasteiger partial charge < -0.3 is 9.30 Å². The molecule has 220 valence electrons. The highest BCUT2D eigenvalue weighted by atomic mass is 16.5. The van der Waals surface area contributed by atoms with E-state index < -0.39 is 0 Å². The summed E-state index contributed by atoms with van der Waals surface area (Å²) in [4.78, 5) is 0. The molecule has 6 aromatic rings. The summed E-state index contributed by atoms with van der Waals surface area (Å²) in [7, 11) is 0. The van der Waals surface area contributed by atoms with Crippen LogP contribution in [0.2, 0.25) is 0 Å². The zero-order valence-electron chi connectivity index (χ0n) is 25.8. The lowest BCUT2D eigenvalue weighted by Gasteiger charge is -2.25. The lowest BCUT2D eigenvalue weighted by molar-refractivity contribution is 0.349. The molecule has 0 spiro atoms. The summed E-state index contributed by atoms with van der Waals surface area (Å²) >= 11 is 0. The number of ether oxygens (including phenoxy) is 1. The lowest BCUT2D eigenvalue weighted by Crippen LogP contribution is -2.13. The molecule has 0 atom stereocenters. The van der Waals surface area contributed by atoms with Gasteiger partial charge in [-0.1, -0.05) is 103 Å². The molecule has 0 fully saturated rings. The Morgan fingerprint density at radius 1 is 0.739 bits per heavy atom. The van der Waals surface area contributed by atoms with Gasteiger partial charge in [0.15, 0.2) is 0 Å². The van der Waals surface area contributed by atoms with Crippen molar-refractivity contribution in [2.24, 2.45) is 0 Å². The van der Waals surface area contributed by atoms with Crippen LogP contribution in [0.5, 0.6) is 5.75 Å². The van der Waals surface area contributed by atoms with Crippen molar-refractivity contribution in [3.05, 3.63) is 156 Å². The van der Waals surface area contributed by atoms with Crippen LogP contribution >= 0.6 is 0 Å². The van der Waals surface area contributed by atoms with Crippen molar-refractivity contribution in [2.75, 3.05) is 6.61 Å². The van der Waals surface area contributed by atoms with Gasteiger partial charge in [0.25, 0.3) is 0 Å². The standard InChI is InChI=1S/C44H33NO/c1-3-4-12-37-29-46-43-20-11-19-42(44(43)30(37)2)45-40-18-9-8-17-38(40)39-28-36(25-26-41(39)45)33-23-21-32(22-24-33)35-16-10-15-34(27-35)31-13-6-5-7-14-31/h1,4-8,10-17,19-28H,9,18,29H2,2H3/b12-4-. The lowest BCUT2D eigenvalue weighted by atomic mass is 9.96. The van der Waals surface area contributed by atoms with Gasteiger partial charge in [-0.2, -0.15) is 0 Å². The molecular weight excluding hydrogens is 558 g/mol. The van der Waals surface area contributed by atoms with Crippen LogP contribution in [-0.2, 0) is 6.42 Å². The summed E-state index contributed by atoms with van der Waals surface area (Å²) in [6, 6.07) is 41.6. The van der Waals surface area contributed by atoms with E-state index in [9.17, 15) is 0 Å². The molecule has 0 radical (unpaired) electrons. The molecule has 1 aromatic heterocycles. The fourth-order valence-electron chi connectivity index (χ4n) is 6.99. The number of terminal acetylenes is 1. The molecule has 0 unspecified atom stereocenters. The molecule has 5 aromatic carbocycles. The number of nitrogens with zero attached hydrogens (tertiary/aromatic N) is 1. The molecule has 0 saturated carbocycles. The first-order chi connectivity index (χ1) is 22.7. The zero-order valence-corrected chi connectivity index (χ0v) is 25.8. The highest BCUT2D eigenvalue weighted by Crippen LogP contribution is 2.42. The Labute approximate surface area is 270 Å². The third-order valence-corrected chi connectivity index (χ3v) is 9.33. The molecule has 2 aliphatic rings. The summed E-state index contributed by atoms with van der Waals surface area (Å²) in [6.07, 6.45) is 15.9. The highest BCUT2D eigenvalue weighted by Gasteiger charge is 2.25. The van der Waals surface area contributed by atoms with Crippen molar-refractivity contribution in [1.82, 2.24) is 4.57 Å². The van der Waals surface area contributed by atoms with Crippen molar-refractivity contribution in [3.63, 3.8) is 0 Å². The van der Waals surface area contributed by atoms with Gasteiger partial charge in [-0.15, -0.1) is 6.42 Å². The topological polar surface area (TPSA) is 14.2 Å². The van der Waals surface area contributed by atoms with E-state index >= 15 is 0 Å². The van der Waals surface area contributed by atoms with E-state index in [2.05, 4.69) is 145 Å². The first-order valence-electron chi connectivity index (χ1n) is 15.9. The van der Waals surface area contributed by atoms with Crippen LogP contribution < -0.4 is 4.74 Å². The molecule has 0 N–H and O–H groups in total. The van der Waals surface area contributed by atoms with E-state index in [-0.39, 0.29) is 0 Å². The molecule has 2 nitrogen and oxygen atoms in total. The average molecular weight is 592 g/mol. The van der Waals surface area contributed by atoms with Gasteiger partial charge in [-0.05, 0) is 107 Å². The maximum absolute atomic E-state index is 6.24. The summed E-state index contributed by atoms with van der Waals surface area (Å²) < 4.78 is 8.70. The Hall–Kier alpha value is -5.78. The number of fused-ring (bicyclic) bond motifs is 4. The molecule has 0 bridgehead atoms. The van der Waals surface area contributed by atoms with Crippen LogP contribution in [0.1, 0.15) is 30.2 Å². The SMILES string of the molecule is C#C/C=C\C1=C(C)c2c(cccc2-n2c3c(c4cc(-c5ccc(-c6cccc(-c7ccccc7)c6)cc5)ccc42)C=CCC3)OC1. The van der Waals surface area contributed by atoms with Crippen molar-refractivity contribution < 1.29 is 4.74 Å². The minimum absolute atomic E-state index is 0.522. The van der Waals surface area contributed by atoms with Gasteiger partial charge in [0, 0.05) is 22.2 Å². The van der Waals surface area contributed by atoms with Gasteiger partial charge in [0.05, 0.1) is 11.2 Å². The number of aromatic nitrogens is 1. The van der Waals surface area contributed by atoms with Crippen molar-refractivity contribution >= 4 is 22.6 Å². The Morgan fingerprint density at radius 2 is 1.41 bits per heavy atom. The second kappa shape index (κ2) is 11.6. The molecule has 2 heteroatoms. The van der Waals surface area contributed by atoms with Crippen molar-refractivity contribution in [2.45, 2.75) is 19.8 Å². The first kappa shape index (κ1) is 27.7. The number of hydrogen-bond acceptors (Lipinski definition) is 1. The van der Waals surface area contributed by atoms with Crippen LogP contribution in [-0.4, -0.2) is 11.2 Å². The van der Waals surface area contributed by atoms with Crippen LogP contribution in [0.25, 0.3) is 61.6 Å². The van der Waals surface area contributed by atoms with Gasteiger partial charge in [0.1, 0.15) is 12.4 Å². The number of allylic oxidation sites excluding steroid dienone is 3. The summed E-state index contributed by atoms with van der Waals surface area (Å²) in [5.41, 5.74) is 15.8. The monoisotopic (exact) mass is 591 g/mol. The molecular formula is C44H33NO. The van der Waals surface area contributed by atoms with Crippen LogP contribution in [0.4, 0.5) is 0 Å². The minimum Gasteiger partial charge on any atom is -0.488 e. The largest absolute Gasteiger partial charge is 0.488 e. The maximum Gasteiger partial charge on any atom is 0.129 e. The van der Waals surface area contributed by atoms with Gasteiger partial charge in [-0.25, -0.2) is 0 Å². The fourth-order valence-corrected chi connectivity index (χ4v) is 6.99. The number of benzene rings is 5. The van der Waals surface area contributed by atoms with E-state index in [0.717, 1.165) is 35.4 Å². The second-order valence-electron chi connectivity index (χ2n) is 12.0. The van der Waals surface area contributed by atoms with E-state index in [4.69, 9.17) is 11.2 Å². The van der Waals surface area contributed by atoms with E-state index in [1.165, 1.54) is 61.1 Å². The van der Waals surface area contributed by atoms with Crippen molar-refractivity contribution in [3.8, 4) is 57.2 Å². The predicted molar refractivity (Wildman–Crippen MR) is 193 cm³/mol. The fraction of sp³-hybridized carbons (Fsp3) is 0.0909. The third-order valence-electron chi connectivity index (χ3n) is 9.33. The first-order valence-corrected chi connectivity index (χ1v) is 15.9. The minimum atomic E-state index is 0.522. The van der Waals surface area contributed by atoms with Gasteiger partial charge >= 0.3 is 0 Å². The molecule has 0 amide bonds. The molecule has 0 saturated heterocycles. The van der Waals surface area contributed by atoms with Crippen LogP contribution in [0.15, 0.2) is 139 Å². The van der Waals surface area contributed by atoms with E-state index in [0.29, 0.717) is 6.61 Å². The third kappa shape index (κ3) is 4.78. The molecule has 1 aliphatic carbocycles. The van der Waals surface area contributed by atoms with Crippen LogP contribution in [0.3, 0.4) is 0 Å². The summed E-state index contributed by atoms with van der Waals surface area (Å²) in [5, 5.41) is 1.27. The second-order valence-corrected chi connectivity index (χ2v) is 12.0. The molecule has 8 rings (SSSR count). The number of hydrogen-bond donors (Lipinski definition) is 0. The number of rotatable bonds is 5. The van der Waals surface area contributed by atoms with Gasteiger partial charge in [0.2, 0.25) is 0 Å². The van der Waals surface area contributed by atoms with E-state index in [1.807, 2.05) is 6.08 Å². The van der Waals surface area contributed by atoms with Gasteiger partial charge in [-0.3, -0.25) is 0 Å². The average Bonchev–Trinajstić information content (AvgIpc) is 3.45. The Morgan fingerprint density at radius 3 is 2.17 bits per heavy atom. The maximum atomic E-state index is 6.24. The molecule has 46 heavy (non-hydrogen) atoms. The van der Waals surface area contributed by atoms with Crippen LogP contribution in [0, 0.1) is 12.3 Å². The summed E-state index contributed by atoms with van der Waals surface area (Å²) in [5.74, 6) is 3.54. The summed E-state index contributed by atoms with van der Waals surface area (Å²) in [6.45, 7) is 2.70. The molecule has 2 heterocycles. The highest BCUT2D eigenvalue weighted by molar-refractivity contribution is 5.97. The Balaban J connectivity index is 1.20. The Kier molecular flexibility index (Phi) is 7.01. The van der Waals surface area contributed by atoms with Crippen molar-refractivity contribution in [1.29, 1.82) is 0 Å². The smallest absolute Gasteiger partial charge is 0.129 e. The normalized spacial score (nSPS) is 13.8. The van der Waals surface area contributed by atoms with E-state index in [1.54, 1.807) is 6.08 Å². The predicted octanol–water partition coefficient (Wildman–Crippen LogP) is 10.9. The Bertz CT molecular complexity index is 2250.